The van der Waals surface area contributed by atoms with E-state index in [-0.39, 0.29) is 5.78 Å². The summed E-state index contributed by atoms with van der Waals surface area (Å²) in [5.74, 6) is 2.05. The lowest BCUT2D eigenvalue weighted by Gasteiger charge is -2.29. The Morgan fingerprint density at radius 1 is 1.06 bits per heavy atom. The van der Waals surface area contributed by atoms with Crippen LogP contribution in [-0.2, 0) is 13.0 Å². The van der Waals surface area contributed by atoms with Crippen LogP contribution in [-0.4, -0.2) is 24.0 Å². The molecule has 0 amide bonds. The smallest absolute Gasteiger partial charge is 0.231 e. The molecule has 0 N–H and O–H groups in total. The van der Waals surface area contributed by atoms with Crippen molar-refractivity contribution >= 4 is 35.1 Å². The van der Waals surface area contributed by atoms with Crippen LogP contribution in [0.5, 0.6) is 11.5 Å². The number of fused-ring (bicyclic) bond motifs is 3. The molecule has 4 nitrogen and oxygen atoms in total. The Balaban J connectivity index is 1.34. The average Bonchev–Trinajstić information content (AvgIpc) is 3.14. The van der Waals surface area contributed by atoms with Crippen LogP contribution in [0, 0.1) is 0 Å². The van der Waals surface area contributed by atoms with E-state index in [1.165, 1.54) is 5.56 Å². The van der Waals surface area contributed by atoms with Crippen LogP contribution in [0.3, 0.4) is 0 Å². The molecular weight excluding hydrogens is 469 g/mol. The van der Waals surface area contributed by atoms with Crippen LogP contribution in [0.2, 0.25) is 10.0 Å². The van der Waals surface area contributed by atoms with Crippen molar-refractivity contribution < 1.29 is 14.3 Å². The highest BCUT2D eigenvalue weighted by molar-refractivity contribution is 6.35. The van der Waals surface area contributed by atoms with Crippen molar-refractivity contribution in [1.82, 2.24) is 4.90 Å². The lowest BCUT2D eigenvalue weighted by atomic mass is 10.0. The predicted octanol–water partition coefficient (Wildman–Crippen LogP) is 7.13. The van der Waals surface area contributed by atoms with Crippen molar-refractivity contribution in [2.24, 2.45) is 0 Å². The van der Waals surface area contributed by atoms with Crippen LogP contribution < -0.4 is 9.47 Å². The summed E-state index contributed by atoms with van der Waals surface area (Å²) < 4.78 is 12.1. The monoisotopic (exact) mass is 493 g/mol. The summed E-state index contributed by atoms with van der Waals surface area (Å²) >= 11 is 12.3. The molecule has 0 bridgehead atoms. The van der Waals surface area contributed by atoms with Gasteiger partial charge in [0.1, 0.15) is 18.2 Å². The number of Topliss-reactive ketones (excluding diaryl/α,β-unsaturated/α-hetero) is 1. The van der Waals surface area contributed by atoms with Crippen molar-refractivity contribution in [2.45, 2.75) is 32.7 Å². The maximum absolute atomic E-state index is 13.0. The molecule has 174 valence electrons. The van der Waals surface area contributed by atoms with E-state index in [2.05, 4.69) is 30.9 Å². The van der Waals surface area contributed by atoms with Crippen LogP contribution in [0.15, 0.2) is 60.4 Å². The standard InChI is InChI=1S/C28H25Cl2NO3/c1-17(2)19-5-3-18(4-6-19)13-26-27(32)22-9-10-25-23(28(22)34-26)15-31(16-33-25)12-11-20-7-8-21(29)14-24(20)30/h3-10,13-14,17H,11-12,15-16H2,1-2H3/b26-13-. The maximum atomic E-state index is 13.0. The van der Waals surface area contributed by atoms with E-state index in [0.29, 0.717) is 46.3 Å². The van der Waals surface area contributed by atoms with Crippen LogP contribution >= 0.6 is 23.2 Å². The molecule has 0 aromatic heterocycles. The second-order valence-corrected chi connectivity index (χ2v) is 9.84. The highest BCUT2D eigenvalue weighted by Crippen LogP contribution is 2.42. The van der Waals surface area contributed by atoms with E-state index in [9.17, 15) is 4.79 Å². The minimum absolute atomic E-state index is 0.101. The van der Waals surface area contributed by atoms with Crippen molar-refractivity contribution in [3.05, 3.63) is 98.2 Å². The highest BCUT2D eigenvalue weighted by Gasteiger charge is 2.33. The summed E-state index contributed by atoms with van der Waals surface area (Å²) in [6, 6.07) is 17.4. The molecule has 0 radical (unpaired) electrons. The third-order valence-corrected chi connectivity index (χ3v) is 6.88. The fraction of sp³-hybridized carbons (Fsp3) is 0.250. The molecule has 0 unspecified atom stereocenters. The Bertz CT molecular complexity index is 1280. The first-order chi connectivity index (χ1) is 16.4. The number of rotatable bonds is 5. The zero-order chi connectivity index (χ0) is 23.8. The number of allylic oxidation sites excluding steroid dienone is 1. The van der Waals surface area contributed by atoms with Crippen LogP contribution in [0.25, 0.3) is 6.08 Å². The van der Waals surface area contributed by atoms with Crippen molar-refractivity contribution in [1.29, 1.82) is 0 Å². The number of ether oxygens (including phenoxy) is 2. The minimum atomic E-state index is -0.101. The first kappa shape index (κ1) is 23.0. The quantitative estimate of drug-likeness (QED) is 0.354. The Morgan fingerprint density at radius 3 is 2.59 bits per heavy atom. The van der Waals surface area contributed by atoms with Gasteiger partial charge in [-0.2, -0.15) is 0 Å². The minimum Gasteiger partial charge on any atom is -0.478 e. The largest absolute Gasteiger partial charge is 0.478 e. The van der Waals surface area contributed by atoms with Crippen molar-refractivity contribution in [2.75, 3.05) is 13.3 Å². The number of carbonyl (C=O) groups is 1. The van der Waals surface area contributed by atoms with E-state index in [4.69, 9.17) is 32.7 Å². The van der Waals surface area contributed by atoms with Crippen LogP contribution in [0.4, 0.5) is 0 Å². The molecule has 0 saturated heterocycles. The summed E-state index contributed by atoms with van der Waals surface area (Å²) in [7, 11) is 0. The van der Waals surface area contributed by atoms with Crippen molar-refractivity contribution in [3.63, 3.8) is 0 Å². The molecule has 0 fully saturated rings. The van der Waals surface area contributed by atoms with Gasteiger partial charge in [-0.1, -0.05) is 67.4 Å². The number of hydrogen-bond acceptors (Lipinski definition) is 4. The molecule has 0 spiro atoms. The Hall–Kier alpha value is -2.79. The number of halogens is 2. The molecule has 0 atom stereocenters. The fourth-order valence-corrected chi connectivity index (χ4v) is 4.78. The molecule has 2 aliphatic rings. The van der Waals surface area contributed by atoms with Gasteiger partial charge in [-0.15, -0.1) is 0 Å². The third-order valence-electron chi connectivity index (χ3n) is 6.30. The number of benzene rings is 3. The van der Waals surface area contributed by atoms with Crippen LogP contribution in [0.1, 0.15) is 52.4 Å². The zero-order valence-electron chi connectivity index (χ0n) is 19.1. The molecular formula is C28H25Cl2NO3. The second-order valence-electron chi connectivity index (χ2n) is 8.99. The predicted molar refractivity (Wildman–Crippen MR) is 136 cm³/mol. The molecule has 0 aliphatic carbocycles. The SMILES string of the molecule is CC(C)c1ccc(/C=C2\Oc3c(ccc4c3CN(CCc3ccc(Cl)cc3Cl)CO4)C2=O)cc1. The van der Waals surface area contributed by atoms with Gasteiger partial charge in [0, 0.05) is 23.1 Å². The van der Waals surface area contributed by atoms with E-state index < -0.39 is 0 Å². The molecule has 5 rings (SSSR count). The number of hydrogen-bond donors (Lipinski definition) is 0. The average molecular weight is 494 g/mol. The van der Waals surface area contributed by atoms with Gasteiger partial charge in [0.15, 0.2) is 5.76 Å². The molecule has 0 saturated carbocycles. The number of nitrogens with zero attached hydrogens (tertiary/aromatic N) is 1. The normalized spacial score (nSPS) is 16.4. The van der Waals surface area contributed by atoms with Gasteiger partial charge in [0.05, 0.1) is 11.1 Å². The van der Waals surface area contributed by atoms with E-state index in [1.54, 1.807) is 12.1 Å². The van der Waals surface area contributed by atoms with Gasteiger partial charge in [-0.05, 0) is 59.4 Å². The Morgan fingerprint density at radius 2 is 1.85 bits per heavy atom. The van der Waals surface area contributed by atoms with Gasteiger partial charge in [-0.3, -0.25) is 9.69 Å². The van der Waals surface area contributed by atoms with E-state index >= 15 is 0 Å². The first-order valence-corrected chi connectivity index (χ1v) is 12.1. The summed E-state index contributed by atoms with van der Waals surface area (Å²) in [6.45, 7) is 6.17. The maximum Gasteiger partial charge on any atom is 0.231 e. The number of carbonyl (C=O) groups excluding carboxylic acids is 1. The van der Waals surface area contributed by atoms with Gasteiger partial charge >= 0.3 is 0 Å². The molecule has 3 aromatic carbocycles. The lowest BCUT2D eigenvalue weighted by Crippen LogP contribution is -2.33. The zero-order valence-corrected chi connectivity index (χ0v) is 20.6. The molecule has 34 heavy (non-hydrogen) atoms. The summed E-state index contributed by atoms with van der Waals surface area (Å²) in [5, 5.41) is 1.29. The first-order valence-electron chi connectivity index (χ1n) is 11.4. The van der Waals surface area contributed by atoms with E-state index in [1.807, 2.05) is 36.4 Å². The molecule has 2 heterocycles. The van der Waals surface area contributed by atoms with Gasteiger partial charge in [0.25, 0.3) is 0 Å². The summed E-state index contributed by atoms with van der Waals surface area (Å²) in [4.78, 5) is 15.2. The Labute approximate surface area is 209 Å². The van der Waals surface area contributed by atoms with Gasteiger partial charge in [0.2, 0.25) is 5.78 Å². The number of ketones is 1. The fourth-order valence-electron chi connectivity index (χ4n) is 4.28. The summed E-state index contributed by atoms with van der Waals surface area (Å²) in [5.41, 5.74) is 4.71. The molecule has 3 aromatic rings. The third kappa shape index (κ3) is 4.58. The second kappa shape index (κ2) is 9.46. The van der Waals surface area contributed by atoms with Gasteiger partial charge < -0.3 is 9.47 Å². The van der Waals surface area contributed by atoms with E-state index in [0.717, 1.165) is 35.4 Å². The molecule has 2 aliphatic heterocycles. The van der Waals surface area contributed by atoms with Gasteiger partial charge in [-0.25, -0.2) is 0 Å². The summed E-state index contributed by atoms with van der Waals surface area (Å²) in [6.07, 6.45) is 2.57. The topological polar surface area (TPSA) is 38.8 Å². The Kier molecular flexibility index (Phi) is 6.39. The lowest BCUT2D eigenvalue weighted by molar-refractivity contribution is 0.0950. The highest BCUT2D eigenvalue weighted by atomic mass is 35.5. The van der Waals surface area contributed by atoms with Crippen molar-refractivity contribution in [3.8, 4) is 11.5 Å². The molecule has 6 heteroatoms.